The van der Waals surface area contributed by atoms with E-state index in [2.05, 4.69) is 10.3 Å². The summed E-state index contributed by atoms with van der Waals surface area (Å²) in [4.78, 5) is 45.9. The average Bonchev–Trinajstić information content (AvgIpc) is 3.52. The summed E-state index contributed by atoms with van der Waals surface area (Å²) in [5, 5.41) is 2.56. The van der Waals surface area contributed by atoms with Gasteiger partial charge in [-0.05, 0) is 62.9 Å². The number of carbonyl (C=O) groups is 3. The first-order chi connectivity index (χ1) is 16.1. The van der Waals surface area contributed by atoms with Crippen molar-refractivity contribution >= 4 is 29.4 Å². The Morgan fingerprint density at radius 3 is 2.47 bits per heavy atom. The summed E-state index contributed by atoms with van der Waals surface area (Å²) in [5.74, 6) is -1.70. The fourth-order valence-electron chi connectivity index (χ4n) is 3.94. The molecular weight excluding hydrogens is 441 g/mol. The number of carbonyl (C=O) groups excluding carboxylic acids is 3. The van der Waals surface area contributed by atoms with Gasteiger partial charge in [0.15, 0.2) is 0 Å². The Hall–Kier alpha value is -3.69. The van der Waals surface area contributed by atoms with Crippen molar-refractivity contribution in [1.82, 2.24) is 14.8 Å². The molecule has 2 fully saturated rings. The number of hydrogen-bond donors (Lipinski definition) is 2. The van der Waals surface area contributed by atoms with Gasteiger partial charge in [-0.1, -0.05) is 12.1 Å². The molecule has 1 saturated carbocycles. The van der Waals surface area contributed by atoms with E-state index in [9.17, 15) is 18.8 Å². The lowest BCUT2D eigenvalue weighted by Crippen LogP contribution is -2.58. The van der Waals surface area contributed by atoms with Gasteiger partial charge in [-0.3, -0.25) is 9.59 Å². The second kappa shape index (κ2) is 8.92. The zero-order chi connectivity index (χ0) is 24.6. The molecule has 2 aliphatic rings. The lowest BCUT2D eigenvalue weighted by atomic mass is 9.99. The van der Waals surface area contributed by atoms with Gasteiger partial charge in [-0.25, -0.2) is 14.2 Å². The van der Waals surface area contributed by atoms with Crippen molar-refractivity contribution in [2.24, 2.45) is 0 Å². The number of halogens is 1. The lowest BCUT2D eigenvalue weighted by Gasteiger charge is -2.44. The maximum atomic E-state index is 13.6. The molecular formula is C24H28FN5O4. The van der Waals surface area contributed by atoms with E-state index in [-0.39, 0.29) is 19.1 Å². The van der Waals surface area contributed by atoms with E-state index in [0.29, 0.717) is 22.6 Å². The van der Waals surface area contributed by atoms with Crippen LogP contribution in [0.1, 0.15) is 43.9 Å². The maximum absolute atomic E-state index is 13.6. The van der Waals surface area contributed by atoms with Gasteiger partial charge in [-0.15, -0.1) is 0 Å². The van der Waals surface area contributed by atoms with E-state index in [0.717, 1.165) is 12.8 Å². The Balaban J connectivity index is 1.56. The Labute approximate surface area is 197 Å². The van der Waals surface area contributed by atoms with Crippen molar-refractivity contribution in [1.29, 1.82) is 0 Å². The van der Waals surface area contributed by atoms with E-state index < -0.39 is 35.4 Å². The van der Waals surface area contributed by atoms with Crippen LogP contribution >= 0.6 is 0 Å². The first kappa shape index (κ1) is 23.5. The highest BCUT2D eigenvalue weighted by atomic mass is 19.1. The molecule has 3 N–H and O–H groups in total. The summed E-state index contributed by atoms with van der Waals surface area (Å²) >= 11 is 0. The standard InChI is InChI=1S/C24H28FN5O4/c1-14-10-18(11-27-20(14)26)28-21(31)22(32)30-12-15(2)29(23(33)34-24(3)8-9-24)13-19(30)16-4-6-17(25)7-5-16/h4-7,10-11,15,19H,8-9,12-13H2,1-3H3,(H2,26,27)(H,28,31)/t15-,19-/m1/s1. The predicted molar refractivity (Wildman–Crippen MR) is 123 cm³/mol. The molecule has 0 spiro atoms. The van der Waals surface area contributed by atoms with Crippen molar-refractivity contribution in [3.05, 3.63) is 53.5 Å². The van der Waals surface area contributed by atoms with Gasteiger partial charge in [-0.2, -0.15) is 0 Å². The molecule has 9 nitrogen and oxygen atoms in total. The molecule has 0 unspecified atom stereocenters. The molecule has 2 atom stereocenters. The van der Waals surface area contributed by atoms with Gasteiger partial charge < -0.3 is 25.6 Å². The third-order valence-corrected chi connectivity index (χ3v) is 6.35. The zero-order valence-electron chi connectivity index (χ0n) is 19.4. The number of pyridine rings is 1. The normalized spacial score (nSPS) is 21.1. The number of aromatic nitrogens is 1. The van der Waals surface area contributed by atoms with Crippen molar-refractivity contribution in [3.63, 3.8) is 0 Å². The molecule has 10 heteroatoms. The molecule has 180 valence electrons. The molecule has 0 bridgehead atoms. The monoisotopic (exact) mass is 469 g/mol. The third kappa shape index (κ3) is 4.95. The van der Waals surface area contributed by atoms with E-state index >= 15 is 0 Å². The number of nitrogen functional groups attached to an aromatic ring is 1. The highest BCUT2D eigenvalue weighted by molar-refractivity contribution is 6.39. The molecule has 2 aromatic rings. The van der Waals surface area contributed by atoms with Crippen molar-refractivity contribution in [2.75, 3.05) is 24.1 Å². The third-order valence-electron chi connectivity index (χ3n) is 6.35. The fourth-order valence-corrected chi connectivity index (χ4v) is 3.94. The quantitative estimate of drug-likeness (QED) is 0.668. The van der Waals surface area contributed by atoms with Crippen LogP contribution < -0.4 is 11.1 Å². The van der Waals surface area contributed by atoms with Gasteiger partial charge in [0.2, 0.25) is 0 Å². The van der Waals surface area contributed by atoms with Crippen LogP contribution in [0, 0.1) is 12.7 Å². The summed E-state index contributed by atoms with van der Waals surface area (Å²) in [5.41, 5.74) is 6.89. The predicted octanol–water partition coefficient (Wildman–Crippen LogP) is 3.01. The molecule has 34 heavy (non-hydrogen) atoms. The SMILES string of the molecule is Cc1cc(NC(=O)C(=O)N2C[C@@H](C)N(C(=O)OC3(C)CC3)C[C@@H]2c2ccc(F)cc2)cnc1N. The molecule has 4 rings (SSSR count). The molecule has 1 aromatic carbocycles. The molecule has 3 amide bonds. The highest BCUT2D eigenvalue weighted by Gasteiger charge is 2.45. The number of rotatable bonds is 3. The average molecular weight is 470 g/mol. The second-order valence-electron chi connectivity index (χ2n) is 9.22. The van der Waals surface area contributed by atoms with Crippen LogP contribution in [0.2, 0.25) is 0 Å². The first-order valence-electron chi connectivity index (χ1n) is 11.2. The van der Waals surface area contributed by atoms with Crippen LogP contribution in [0.25, 0.3) is 0 Å². The number of aryl methyl sites for hydroxylation is 1. The summed E-state index contributed by atoms with van der Waals surface area (Å²) < 4.78 is 19.2. The number of anilines is 2. The summed E-state index contributed by atoms with van der Waals surface area (Å²) in [6.07, 6.45) is 2.54. The number of nitrogens with two attached hydrogens (primary N) is 1. The van der Waals surface area contributed by atoms with Crippen LogP contribution in [-0.4, -0.2) is 57.4 Å². The Kier molecular flexibility index (Phi) is 6.16. The topological polar surface area (TPSA) is 118 Å². The van der Waals surface area contributed by atoms with Crippen molar-refractivity contribution in [3.8, 4) is 0 Å². The Morgan fingerprint density at radius 2 is 1.85 bits per heavy atom. The molecule has 1 aromatic heterocycles. The van der Waals surface area contributed by atoms with Crippen LogP contribution in [0.3, 0.4) is 0 Å². The van der Waals surface area contributed by atoms with Gasteiger partial charge >= 0.3 is 17.9 Å². The lowest BCUT2D eigenvalue weighted by molar-refractivity contribution is -0.147. The van der Waals surface area contributed by atoms with Gasteiger partial charge in [0.1, 0.15) is 17.2 Å². The Morgan fingerprint density at radius 1 is 1.18 bits per heavy atom. The minimum absolute atomic E-state index is 0.110. The van der Waals surface area contributed by atoms with Gasteiger partial charge in [0.05, 0.1) is 17.9 Å². The number of piperazine rings is 1. The summed E-state index contributed by atoms with van der Waals surface area (Å²) in [6, 6.07) is 6.25. The number of ether oxygens (including phenoxy) is 1. The van der Waals surface area contributed by atoms with E-state index in [4.69, 9.17) is 10.5 Å². The minimum Gasteiger partial charge on any atom is -0.443 e. The smallest absolute Gasteiger partial charge is 0.410 e. The van der Waals surface area contributed by atoms with Crippen LogP contribution in [-0.2, 0) is 14.3 Å². The molecule has 1 aliphatic carbocycles. The second-order valence-corrected chi connectivity index (χ2v) is 9.22. The molecule has 2 heterocycles. The molecule has 1 aliphatic heterocycles. The number of nitrogens with zero attached hydrogens (tertiary/aromatic N) is 3. The van der Waals surface area contributed by atoms with E-state index in [1.54, 1.807) is 36.9 Å². The molecule has 0 radical (unpaired) electrons. The number of amides is 3. The van der Waals surface area contributed by atoms with Crippen LogP contribution in [0.15, 0.2) is 36.5 Å². The number of nitrogens with one attached hydrogen (secondary N) is 1. The molecule has 1 saturated heterocycles. The van der Waals surface area contributed by atoms with E-state index in [1.165, 1.54) is 23.2 Å². The van der Waals surface area contributed by atoms with Crippen LogP contribution in [0.4, 0.5) is 20.7 Å². The number of benzene rings is 1. The number of hydrogen-bond acceptors (Lipinski definition) is 6. The minimum atomic E-state index is -0.841. The summed E-state index contributed by atoms with van der Waals surface area (Å²) in [6.45, 7) is 5.64. The van der Waals surface area contributed by atoms with Crippen molar-refractivity contribution < 1.29 is 23.5 Å². The summed E-state index contributed by atoms with van der Waals surface area (Å²) in [7, 11) is 0. The van der Waals surface area contributed by atoms with Gasteiger partial charge in [0, 0.05) is 19.1 Å². The Bertz CT molecular complexity index is 1120. The first-order valence-corrected chi connectivity index (χ1v) is 11.2. The zero-order valence-corrected chi connectivity index (χ0v) is 19.4. The fraction of sp³-hybridized carbons (Fsp3) is 0.417. The van der Waals surface area contributed by atoms with Gasteiger partial charge in [0.25, 0.3) is 0 Å². The largest absolute Gasteiger partial charge is 0.443 e. The highest BCUT2D eigenvalue weighted by Crippen LogP contribution is 2.40. The van der Waals surface area contributed by atoms with Crippen LogP contribution in [0.5, 0.6) is 0 Å². The maximum Gasteiger partial charge on any atom is 0.410 e. The van der Waals surface area contributed by atoms with E-state index in [1.807, 2.05) is 6.92 Å². The van der Waals surface area contributed by atoms with Crippen molar-refractivity contribution in [2.45, 2.75) is 51.3 Å².